The molecule has 4 rings (SSSR count). The van der Waals surface area contributed by atoms with Crippen LogP contribution in [0.15, 0.2) is 4.52 Å². The van der Waals surface area contributed by atoms with Crippen LogP contribution in [0.4, 0.5) is 6.01 Å². The van der Waals surface area contributed by atoms with E-state index in [9.17, 15) is 8.42 Å². The van der Waals surface area contributed by atoms with Crippen LogP contribution in [-0.4, -0.2) is 42.9 Å². The number of piperidine rings is 1. The van der Waals surface area contributed by atoms with Crippen LogP contribution >= 0.6 is 0 Å². The summed E-state index contributed by atoms with van der Waals surface area (Å²) in [6.45, 7) is 1.22. The van der Waals surface area contributed by atoms with Crippen molar-refractivity contribution in [1.29, 1.82) is 0 Å². The van der Waals surface area contributed by atoms with Gasteiger partial charge in [-0.05, 0) is 38.5 Å². The molecule has 3 fully saturated rings. The Labute approximate surface area is 136 Å². The Morgan fingerprint density at radius 1 is 1.09 bits per heavy atom. The zero-order chi connectivity index (χ0) is 15.9. The Kier molecular flexibility index (Phi) is 4.05. The van der Waals surface area contributed by atoms with Crippen LogP contribution in [0.1, 0.15) is 63.1 Å². The molecule has 8 heteroatoms. The molecule has 0 bridgehead atoms. The van der Waals surface area contributed by atoms with Gasteiger partial charge in [0, 0.05) is 25.0 Å². The summed E-state index contributed by atoms with van der Waals surface area (Å²) >= 11 is 0. The highest BCUT2D eigenvalue weighted by Crippen LogP contribution is 2.39. The first-order valence-electron chi connectivity index (χ1n) is 8.71. The quantitative estimate of drug-likeness (QED) is 0.879. The monoisotopic (exact) mass is 340 g/mol. The molecule has 2 heterocycles. The molecule has 128 valence electrons. The van der Waals surface area contributed by atoms with Crippen molar-refractivity contribution in [2.45, 2.75) is 68.6 Å². The fourth-order valence-corrected chi connectivity index (χ4v) is 5.35. The van der Waals surface area contributed by atoms with E-state index in [-0.39, 0.29) is 6.04 Å². The Hall–Kier alpha value is -1.15. The summed E-state index contributed by atoms with van der Waals surface area (Å²) in [5.74, 6) is 1.22. The largest absolute Gasteiger partial charge is 0.324 e. The number of hydrogen-bond acceptors (Lipinski definition) is 6. The van der Waals surface area contributed by atoms with E-state index in [0.717, 1.165) is 57.3 Å². The molecule has 1 saturated heterocycles. The second-order valence-electron chi connectivity index (χ2n) is 7.06. The average Bonchev–Trinajstić information content (AvgIpc) is 3.07. The van der Waals surface area contributed by atoms with E-state index in [4.69, 9.17) is 4.52 Å². The lowest BCUT2D eigenvalue weighted by molar-refractivity contribution is 0.395. The Morgan fingerprint density at radius 3 is 2.61 bits per heavy atom. The standard InChI is InChI=1S/C15H24N4O3S/c20-23(21,18-12-4-1-2-5-12)13-6-3-9-19(10-13)15-16-14(17-22-15)11-7-8-11/h11-13,18H,1-10H2/t13-/m1/s1. The molecule has 2 aliphatic carbocycles. The van der Waals surface area contributed by atoms with Crippen LogP contribution in [0.3, 0.4) is 0 Å². The van der Waals surface area contributed by atoms with Crippen molar-refractivity contribution in [1.82, 2.24) is 14.9 Å². The van der Waals surface area contributed by atoms with Gasteiger partial charge in [-0.1, -0.05) is 18.0 Å². The second-order valence-corrected chi connectivity index (χ2v) is 9.06. The van der Waals surface area contributed by atoms with Crippen LogP contribution in [0.5, 0.6) is 0 Å². The van der Waals surface area contributed by atoms with E-state index in [0.29, 0.717) is 24.9 Å². The summed E-state index contributed by atoms with van der Waals surface area (Å²) in [6.07, 6.45) is 7.95. The molecule has 7 nitrogen and oxygen atoms in total. The van der Waals surface area contributed by atoms with Gasteiger partial charge in [-0.15, -0.1) is 0 Å². The molecule has 0 aromatic carbocycles. The number of aromatic nitrogens is 2. The molecule has 23 heavy (non-hydrogen) atoms. The Morgan fingerprint density at radius 2 is 1.87 bits per heavy atom. The third kappa shape index (κ3) is 3.38. The predicted molar refractivity (Wildman–Crippen MR) is 85.8 cm³/mol. The van der Waals surface area contributed by atoms with Crippen molar-refractivity contribution in [2.24, 2.45) is 0 Å². The smallest absolute Gasteiger partial charge is 0.323 e. The summed E-state index contributed by atoms with van der Waals surface area (Å²) in [4.78, 5) is 6.38. The molecular formula is C15H24N4O3S. The number of hydrogen-bond donors (Lipinski definition) is 1. The molecule has 2 saturated carbocycles. The molecular weight excluding hydrogens is 316 g/mol. The Balaban J connectivity index is 1.42. The van der Waals surface area contributed by atoms with Crippen LogP contribution in [0.2, 0.25) is 0 Å². The van der Waals surface area contributed by atoms with E-state index >= 15 is 0 Å². The molecule has 1 aromatic rings. The lowest BCUT2D eigenvalue weighted by Gasteiger charge is -2.31. The first-order chi connectivity index (χ1) is 11.1. The summed E-state index contributed by atoms with van der Waals surface area (Å²) in [7, 11) is -3.29. The predicted octanol–water partition coefficient (Wildman–Crippen LogP) is 1.78. The summed E-state index contributed by atoms with van der Waals surface area (Å²) in [5, 5.41) is 3.64. The maximum Gasteiger partial charge on any atom is 0.324 e. The van der Waals surface area contributed by atoms with Gasteiger partial charge in [0.1, 0.15) is 0 Å². The number of nitrogens with zero attached hydrogens (tertiary/aromatic N) is 3. The molecule has 0 spiro atoms. The topological polar surface area (TPSA) is 88.3 Å². The second kappa shape index (κ2) is 6.05. The highest BCUT2D eigenvalue weighted by Gasteiger charge is 2.35. The highest BCUT2D eigenvalue weighted by molar-refractivity contribution is 7.90. The summed E-state index contributed by atoms with van der Waals surface area (Å²) in [6, 6.07) is 0.605. The molecule has 1 aliphatic heterocycles. The molecule has 0 amide bonds. The van der Waals surface area contributed by atoms with Crippen molar-refractivity contribution < 1.29 is 12.9 Å². The maximum atomic E-state index is 12.6. The van der Waals surface area contributed by atoms with Gasteiger partial charge in [-0.3, -0.25) is 0 Å². The Bertz CT molecular complexity index is 649. The first kappa shape index (κ1) is 15.4. The van der Waals surface area contributed by atoms with Crippen LogP contribution < -0.4 is 9.62 Å². The highest BCUT2D eigenvalue weighted by atomic mass is 32.2. The number of rotatable bonds is 5. The lowest BCUT2D eigenvalue weighted by Crippen LogP contribution is -2.48. The molecule has 0 radical (unpaired) electrons. The van der Waals surface area contributed by atoms with Crippen LogP contribution in [0, 0.1) is 0 Å². The van der Waals surface area contributed by atoms with Crippen molar-refractivity contribution in [3.05, 3.63) is 5.82 Å². The number of nitrogens with one attached hydrogen (secondary N) is 1. The van der Waals surface area contributed by atoms with Gasteiger partial charge < -0.3 is 9.42 Å². The van der Waals surface area contributed by atoms with E-state index in [1.54, 1.807) is 0 Å². The van der Waals surface area contributed by atoms with E-state index in [1.807, 2.05) is 4.90 Å². The van der Waals surface area contributed by atoms with Gasteiger partial charge in [0.05, 0.1) is 5.25 Å². The molecule has 3 aliphatic rings. The zero-order valence-corrected chi connectivity index (χ0v) is 14.1. The minimum Gasteiger partial charge on any atom is -0.323 e. The molecule has 0 unspecified atom stereocenters. The first-order valence-corrected chi connectivity index (χ1v) is 10.3. The number of sulfonamides is 1. The van der Waals surface area contributed by atoms with Crippen molar-refractivity contribution in [3.63, 3.8) is 0 Å². The van der Waals surface area contributed by atoms with Gasteiger partial charge in [0.25, 0.3) is 0 Å². The molecule has 1 aromatic heterocycles. The molecule has 1 N–H and O–H groups in total. The van der Waals surface area contributed by atoms with Crippen molar-refractivity contribution in [3.8, 4) is 0 Å². The van der Waals surface area contributed by atoms with Gasteiger partial charge in [-0.25, -0.2) is 13.1 Å². The minimum absolute atomic E-state index is 0.125. The van der Waals surface area contributed by atoms with Gasteiger partial charge in [0.2, 0.25) is 10.0 Å². The molecule has 1 atom stereocenters. The van der Waals surface area contributed by atoms with E-state index < -0.39 is 15.3 Å². The average molecular weight is 340 g/mol. The fourth-order valence-electron chi connectivity index (χ4n) is 3.60. The third-order valence-electron chi connectivity index (χ3n) is 5.15. The van der Waals surface area contributed by atoms with Gasteiger partial charge in [-0.2, -0.15) is 4.98 Å². The van der Waals surface area contributed by atoms with Crippen LogP contribution in [-0.2, 0) is 10.0 Å². The van der Waals surface area contributed by atoms with Crippen molar-refractivity contribution in [2.75, 3.05) is 18.0 Å². The maximum absolute atomic E-state index is 12.6. The van der Waals surface area contributed by atoms with E-state index in [2.05, 4.69) is 14.9 Å². The zero-order valence-electron chi connectivity index (χ0n) is 13.3. The van der Waals surface area contributed by atoms with Gasteiger partial charge >= 0.3 is 6.01 Å². The summed E-state index contributed by atoms with van der Waals surface area (Å²) in [5.41, 5.74) is 0. The lowest BCUT2D eigenvalue weighted by atomic mass is 10.1. The normalized spacial score (nSPS) is 26.8. The van der Waals surface area contributed by atoms with E-state index in [1.165, 1.54) is 0 Å². The van der Waals surface area contributed by atoms with Crippen LogP contribution in [0.25, 0.3) is 0 Å². The minimum atomic E-state index is -3.29. The van der Waals surface area contributed by atoms with Gasteiger partial charge in [0.15, 0.2) is 5.82 Å². The number of anilines is 1. The third-order valence-corrected chi connectivity index (χ3v) is 7.07. The summed E-state index contributed by atoms with van der Waals surface area (Å²) < 4.78 is 33.5. The van der Waals surface area contributed by atoms with Crippen molar-refractivity contribution >= 4 is 16.0 Å². The fraction of sp³-hybridized carbons (Fsp3) is 0.867. The SMILES string of the molecule is O=S(=O)(NC1CCCC1)[C@@H]1CCCN(c2nc(C3CC3)no2)C1.